The number of fused-ring (bicyclic) bond motifs is 1. The lowest BCUT2D eigenvalue weighted by molar-refractivity contribution is 0.594. The number of aryl methyl sites for hydroxylation is 2. The normalized spacial score (nSPS) is 14.5. The molecule has 1 aromatic heterocycles. The second-order valence-corrected chi connectivity index (χ2v) is 7.34. The summed E-state index contributed by atoms with van der Waals surface area (Å²) in [5, 5.41) is 16.3. The van der Waals surface area contributed by atoms with Crippen molar-refractivity contribution in [2.75, 3.05) is 20.1 Å². The molecule has 0 bridgehead atoms. The number of benzene rings is 1. The third kappa shape index (κ3) is 5.96. The van der Waals surface area contributed by atoms with Gasteiger partial charge in [-0.05, 0) is 43.4 Å². The van der Waals surface area contributed by atoms with Crippen molar-refractivity contribution < 1.29 is 0 Å². The first-order chi connectivity index (χ1) is 13.3. The van der Waals surface area contributed by atoms with E-state index in [9.17, 15) is 0 Å². The minimum absolute atomic E-state index is 0.772. The molecule has 1 aromatic carbocycles. The Morgan fingerprint density at radius 1 is 1.07 bits per heavy atom. The summed E-state index contributed by atoms with van der Waals surface area (Å²) in [6.07, 6.45) is 7.72. The molecule has 0 saturated heterocycles. The summed E-state index contributed by atoms with van der Waals surface area (Å²) in [6.45, 7) is 2.76. The van der Waals surface area contributed by atoms with Crippen LogP contribution in [-0.2, 0) is 25.8 Å². The molecule has 0 saturated carbocycles. The van der Waals surface area contributed by atoms with Gasteiger partial charge >= 0.3 is 0 Å². The van der Waals surface area contributed by atoms with Crippen LogP contribution in [0.15, 0.2) is 29.3 Å². The number of guanidine groups is 1. The van der Waals surface area contributed by atoms with Crippen LogP contribution in [0.1, 0.15) is 42.9 Å². The number of hydrogen-bond donors (Lipinski definition) is 2. The number of aromatic nitrogens is 3. The van der Waals surface area contributed by atoms with Crippen LogP contribution in [0, 0.1) is 0 Å². The summed E-state index contributed by atoms with van der Waals surface area (Å²) in [5.74, 6) is 3.12. The largest absolute Gasteiger partial charge is 0.356 e. The second kappa shape index (κ2) is 10.3. The van der Waals surface area contributed by atoms with E-state index >= 15 is 0 Å². The number of aliphatic imine (C=N–C) groups is 1. The molecule has 1 aliphatic heterocycles. The molecule has 2 aromatic rings. The molecule has 2 heterocycles. The summed E-state index contributed by atoms with van der Waals surface area (Å²) in [4.78, 5) is 4.29. The van der Waals surface area contributed by atoms with Crippen LogP contribution in [0.2, 0.25) is 5.02 Å². The van der Waals surface area contributed by atoms with Gasteiger partial charge in [0.25, 0.3) is 0 Å². The highest BCUT2D eigenvalue weighted by molar-refractivity contribution is 6.30. The van der Waals surface area contributed by atoms with Gasteiger partial charge in [-0.25, -0.2) is 0 Å². The Morgan fingerprint density at radius 3 is 2.70 bits per heavy atom. The summed E-state index contributed by atoms with van der Waals surface area (Å²) in [5.41, 5.74) is 1.26. The first kappa shape index (κ1) is 19.7. The summed E-state index contributed by atoms with van der Waals surface area (Å²) < 4.78 is 2.33. The third-order valence-corrected chi connectivity index (χ3v) is 5.15. The lowest BCUT2D eigenvalue weighted by Gasteiger charge is -2.12. The monoisotopic (exact) mass is 388 g/mol. The highest BCUT2D eigenvalue weighted by Gasteiger charge is 2.14. The third-order valence-electron chi connectivity index (χ3n) is 4.90. The molecule has 146 valence electrons. The quantitative estimate of drug-likeness (QED) is 0.434. The molecular formula is C20H29ClN6. The Balaban J connectivity index is 1.36. The lowest BCUT2D eigenvalue weighted by Crippen LogP contribution is -2.38. The van der Waals surface area contributed by atoms with Crippen molar-refractivity contribution in [2.45, 2.75) is 51.5 Å². The zero-order chi connectivity index (χ0) is 18.9. The highest BCUT2D eigenvalue weighted by atomic mass is 35.5. The maximum absolute atomic E-state index is 5.92. The minimum Gasteiger partial charge on any atom is -0.356 e. The van der Waals surface area contributed by atoms with Gasteiger partial charge < -0.3 is 15.2 Å². The molecular weight excluding hydrogens is 360 g/mol. The zero-order valence-electron chi connectivity index (χ0n) is 16.0. The van der Waals surface area contributed by atoms with Gasteiger partial charge in [0.05, 0.1) is 0 Å². The highest BCUT2D eigenvalue weighted by Crippen LogP contribution is 2.15. The van der Waals surface area contributed by atoms with E-state index in [1.54, 1.807) is 7.05 Å². The van der Waals surface area contributed by atoms with E-state index < -0.39 is 0 Å². The summed E-state index contributed by atoms with van der Waals surface area (Å²) in [7, 11) is 1.80. The number of halogens is 1. The Hall–Kier alpha value is -2.08. The zero-order valence-corrected chi connectivity index (χ0v) is 16.8. The molecule has 1 aliphatic rings. The van der Waals surface area contributed by atoms with Crippen LogP contribution in [0.25, 0.3) is 0 Å². The summed E-state index contributed by atoms with van der Waals surface area (Å²) >= 11 is 5.92. The van der Waals surface area contributed by atoms with Crippen LogP contribution in [-0.4, -0.2) is 40.9 Å². The van der Waals surface area contributed by atoms with E-state index in [1.807, 2.05) is 12.1 Å². The molecule has 0 atom stereocenters. The predicted octanol–water partition coefficient (Wildman–Crippen LogP) is 3.00. The van der Waals surface area contributed by atoms with Gasteiger partial charge in [-0.1, -0.05) is 30.2 Å². The van der Waals surface area contributed by atoms with Gasteiger partial charge in [-0.3, -0.25) is 4.99 Å². The van der Waals surface area contributed by atoms with Gasteiger partial charge in [0.2, 0.25) is 0 Å². The van der Waals surface area contributed by atoms with Gasteiger partial charge in [-0.2, -0.15) is 0 Å². The molecule has 2 N–H and O–H groups in total. The van der Waals surface area contributed by atoms with E-state index in [0.717, 1.165) is 67.9 Å². The number of rotatable bonds is 7. The molecule has 7 heteroatoms. The van der Waals surface area contributed by atoms with Crippen molar-refractivity contribution in [1.29, 1.82) is 0 Å². The van der Waals surface area contributed by atoms with E-state index in [0.29, 0.717) is 0 Å². The fraction of sp³-hybridized carbons (Fsp3) is 0.550. The van der Waals surface area contributed by atoms with Crippen LogP contribution < -0.4 is 10.6 Å². The minimum atomic E-state index is 0.772. The van der Waals surface area contributed by atoms with Crippen LogP contribution in [0.3, 0.4) is 0 Å². The molecule has 0 unspecified atom stereocenters. The molecule has 6 nitrogen and oxygen atoms in total. The Morgan fingerprint density at radius 2 is 1.89 bits per heavy atom. The Bertz CT molecular complexity index is 737. The first-order valence-electron chi connectivity index (χ1n) is 9.86. The fourth-order valence-electron chi connectivity index (χ4n) is 3.38. The van der Waals surface area contributed by atoms with Crippen molar-refractivity contribution in [3.63, 3.8) is 0 Å². The van der Waals surface area contributed by atoms with Crippen molar-refractivity contribution in [2.24, 2.45) is 4.99 Å². The van der Waals surface area contributed by atoms with E-state index in [-0.39, 0.29) is 0 Å². The molecule has 3 rings (SSSR count). The number of nitrogens with zero attached hydrogens (tertiary/aromatic N) is 4. The molecule has 0 spiro atoms. The Kier molecular flexibility index (Phi) is 7.51. The number of hydrogen-bond acceptors (Lipinski definition) is 3. The van der Waals surface area contributed by atoms with Gasteiger partial charge in [0.15, 0.2) is 5.96 Å². The standard InChI is InChI=1S/C20H29ClN6/c1-22-20(24-14-12-16-8-10-17(21)11-9-16)23-13-5-7-19-26-25-18-6-3-2-4-15-27(18)19/h8-11H,2-7,12-15H2,1H3,(H2,22,23,24). The predicted molar refractivity (Wildman–Crippen MR) is 110 cm³/mol. The van der Waals surface area contributed by atoms with Crippen LogP contribution in [0.4, 0.5) is 0 Å². The van der Waals surface area contributed by atoms with Crippen molar-refractivity contribution in [1.82, 2.24) is 25.4 Å². The van der Waals surface area contributed by atoms with Crippen LogP contribution in [0.5, 0.6) is 0 Å². The first-order valence-corrected chi connectivity index (χ1v) is 10.2. The number of nitrogens with one attached hydrogen (secondary N) is 2. The molecule has 0 radical (unpaired) electrons. The molecule has 0 aliphatic carbocycles. The fourth-order valence-corrected chi connectivity index (χ4v) is 3.51. The van der Waals surface area contributed by atoms with E-state index in [1.165, 1.54) is 24.8 Å². The topological polar surface area (TPSA) is 67.1 Å². The van der Waals surface area contributed by atoms with Crippen LogP contribution >= 0.6 is 11.6 Å². The van der Waals surface area contributed by atoms with E-state index in [4.69, 9.17) is 11.6 Å². The van der Waals surface area contributed by atoms with Crippen molar-refractivity contribution in [3.8, 4) is 0 Å². The Labute approximate surface area is 166 Å². The second-order valence-electron chi connectivity index (χ2n) is 6.90. The van der Waals surface area contributed by atoms with Crippen molar-refractivity contribution in [3.05, 3.63) is 46.5 Å². The maximum atomic E-state index is 5.92. The SMILES string of the molecule is CN=C(NCCCc1nnc2n1CCCCC2)NCCc1ccc(Cl)cc1. The molecule has 27 heavy (non-hydrogen) atoms. The van der Waals surface area contributed by atoms with Gasteiger partial charge in [0, 0.05) is 44.5 Å². The molecule has 0 fully saturated rings. The smallest absolute Gasteiger partial charge is 0.190 e. The lowest BCUT2D eigenvalue weighted by atomic mass is 10.1. The van der Waals surface area contributed by atoms with Gasteiger partial charge in [-0.15, -0.1) is 10.2 Å². The van der Waals surface area contributed by atoms with Crippen molar-refractivity contribution >= 4 is 17.6 Å². The van der Waals surface area contributed by atoms with E-state index in [2.05, 4.69) is 42.5 Å². The summed E-state index contributed by atoms with van der Waals surface area (Å²) in [6, 6.07) is 7.97. The average molecular weight is 389 g/mol. The van der Waals surface area contributed by atoms with Gasteiger partial charge in [0.1, 0.15) is 11.6 Å². The molecule has 0 amide bonds. The average Bonchev–Trinajstić information content (AvgIpc) is 2.91. The maximum Gasteiger partial charge on any atom is 0.190 e.